The highest BCUT2D eigenvalue weighted by Gasteiger charge is 2.36. The van der Waals surface area contributed by atoms with Crippen molar-refractivity contribution in [1.82, 2.24) is 10.6 Å². The Labute approximate surface area is 108 Å². The molecular weight excluding hydrogens is 232 g/mol. The molecule has 1 rings (SSSR count). The Bertz CT molecular complexity index is 295. The van der Waals surface area contributed by atoms with E-state index in [0.29, 0.717) is 12.8 Å². The molecular formula is C13H24N2O3. The van der Waals surface area contributed by atoms with Crippen molar-refractivity contribution in [3.05, 3.63) is 0 Å². The predicted molar refractivity (Wildman–Crippen MR) is 69.5 cm³/mol. The Morgan fingerprint density at radius 3 is 2.17 bits per heavy atom. The van der Waals surface area contributed by atoms with Crippen LogP contribution in [0.25, 0.3) is 0 Å². The summed E-state index contributed by atoms with van der Waals surface area (Å²) in [5.74, 6) is -0.966. The van der Waals surface area contributed by atoms with Gasteiger partial charge in [-0.1, -0.05) is 33.1 Å². The molecule has 5 nitrogen and oxygen atoms in total. The largest absolute Gasteiger partial charge is 0.480 e. The Hall–Kier alpha value is -1.26. The quantitative estimate of drug-likeness (QED) is 0.706. The van der Waals surface area contributed by atoms with Crippen LogP contribution in [-0.2, 0) is 4.79 Å². The molecule has 18 heavy (non-hydrogen) atoms. The zero-order chi connectivity index (χ0) is 13.6. The van der Waals surface area contributed by atoms with E-state index >= 15 is 0 Å². The second-order valence-electron chi connectivity index (χ2n) is 5.03. The fourth-order valence-corrected chi connectivity index (χ4v) is 2.47. The summed E-state index contributed by atoms with van der Waals surface area (Å²) in [5.41, 5.74) is -1.14. The molecule has 0 heterocycles. The van der Waals surface area contributed by atoms with Crippen molar-refractivity contribution in [2.45, 2.75) is 70.4 Å². The molecule has 1 fully saturated rings. The van der Waals surface area contributed by atoms with Crippen LogP contribution in [0.5, 0.6) is 0 Å². The van der Waals surface area contributed by atoms with Crippen molar-refractivity contribution in [2.75, 3.05) is 0 Å². The van der Waals surface area contributed by atoms with Gasteiger partial charge in [-0.25, -0.2) is 9.59 Å². The van der Waals surface area contributed by atoms with Crippen LogP contribution in [0.2, 0.25) is 0 Å². The van der Waals surface area contributed by atoms with Gasteiger partial charge in [0, 0.05) is 6.04 Å². The van der Waals surface area contributed by atoms with E-state index in [1.165, 1.54) is 6.42 Å². The molecule has 0 bridgehead atoms. The third-order valence-electron chi connectivity index (χ3n) is 3.91. The number of amides is 2. The maximum absolute atomic E-state index is 11.9. The van der Waals surface area contributed by atoms with Gasteiger partial charge in [-0.2, -0.15) is 0 Å². The van der Waals surface area contributed by atoms with Crippen molar-refractivity contribution in [3.8, 4) is 0 Å². The van der Waals surface area contributed by atoms with Gasteiger partial charge in [-0.3, -0.25) is 0 Å². The topological polar surface area (TPSA) is 78.4 Å². The van der Waals surface area contributed by atoms with Gasteiger partial charge in [0.2, 0.25) is 0 Å². The van der Waals surface area contributed by atoms with Gasteiger partial charge < -0.3 is 15.7 Å². The summed E-state index contributed by atoms with van der Waals surface area (Å²) >= 11 is 0. The van der Waals surface area contributed by atoms with Crippen molar-refractivity contribution < 1.29 is 14.7 Å². The maximum atomic E-state index is 11.9. The van der Waals surface area contributed by atoms with Gasteiger partial charge in [0.25, 0.3) is 0 Å². The van der Waals surface area contributed by atoms with Gasteiger partial charge >= 0.3 is 12.0 Å². The molecule has 5 heteroatoms. The van der Waals surface area contributed by atoms with Gasteiger partial charge in [0.1, 0.15) is 5.54 Å². The monoisotopic (exact) mass is 256 g/mol. The normalized spacial score (nSPS) is 17.2. The van der Waals surface area contributed by atoms with E-state index in [9.17, 15) is 14.7 Å². The minimum absolute atomic E-state index is 0.193. The minimum Gasteiger partial charge on any atom is -0.480 e. The summed E-state index contributed by atoms with van der Waals surface area (Å²) in [4.78, 5) is 23.1. The number of carbonyl (C=O) groups excluding carboxylic acids is 1. The van der Waals surface area contributed by atoms with Crippen LogP contribution >= 0.6 is 0 Å². The van der Waals surface area contributed by atoms with E-state index in [4.69, 9.17) is 0 Å². The van der Waals surface area contributed by atoms with E-state index in [1.54, 1.807) is 13.8 Å². The number of nitrogens with one attached hydrogen (secondary N) is 2. The van der Waals surface area contributed by atoms with Gasteiger partial charge in [-0.15, -0.1) is 0 Å². The highest BCUT2D eigenvalue weighted by molar-refractivity contribution is 5.86. The third-order valence-corrected chi connectivity index (χ3v) is 3.91. The molecule has 1 aliphatic carbocycles. The Morgan fingerprint density at radius 1 is 1.17 bits per heavy atom. The summed E-state index contributed by atoms with van der Waals surface area (Å²) in [6.45, 7) is 3.55. The average molecular weight is 256 g/mol. The number of hydrogen-bond acceptors (Lipinski definition) is 2. The van der Waals surface area contributed by atoms with Gasteiger partial charge in [0.15, 0.2) is 0 Å². The lowest BCUT2D eigenvalue weighted by Gasteiger charge is -2.30. The van der Waals surface area contributed by atoms with Gasteiger partial charge in [0.05, 0.1) is 0 Å². The van der Waals surface area contributed by atoms with Crippen LogP contribution in [0.4, 0.5) is 4.79 Å². The summed E-state index contributed by atoms with van der Waals surface area (Å²) < 4.78 is 0. The number of urea groups is 1. The van der Waals surface area contributed by atoms with Crippen molar-refractivity contribution >= 4 is 12.0 Å². The van der Waals surface area contributed by atoms with E-state index in [-0.39, 0.29) is 12.1 Å². The Morgan fingerprint density at radius 2 is 1.72 bits per heavy atom. The molecule has 0 aromatic carbocycles. The van der Waals surface area contributed by atoms with Crippen molar-refractivity contribution in [2.24, 2.45) is 0 Å². The van der Waals surface area contributed by atoms with Crippen molar-refractivity contribution in [1.29, 1.82) is 0 Å². The molecule has 3 N–H and O–H groups in total. The number of aliphatic carboxylic acids is 1. The van der Waals surface area contributed by atoms with E-state index < -0.39 is 11.5 Å². The third kappa shape index (κ3) is 3.62. The number of rotatable bonds is 5. The molecule has 0 unspecified atom stereocenters. The number of carbonyl (C=O) groups is 2. The molecule has 0 saturated heterocycles. The number of hydrogen-bond donors (Lipinski definition) is 3. The first-order chi connectivity index (χ1) is 8.54. The molecule has 0 radical (unpaired) electrons. The van der Waals surface area contributed by atoms with Crippen molar-refractivity contribution in [3.63, 3.8) is 0 Å². The van der Waals surface area contributed by atoms with Crippen LogP contribution in [0.1, 0.15) is 58.8 Å². The molecule has 1 aliphatic rings. The standard InChI is InChI=1S/C13H24N2O3/c1-3-13(4-2,11(16)17)15-12(18)14-10-8-6-5-7-9-10/h10H,3-9H2,1-2H3,(H,16,17)(H2,14,15,18). The van der Waals surface area contributed by atoms with Crippen LogP contribution in [-0.4, -0.2) is 28.7 Å². The van der Waals surface area contributed by atoms with E-state index in [1.807, 2.05) is 0 Å². The molecule has 0 aliphatic heterocycles. The summed E-state index contributed by atoms with van der Waals surface area (Å²) in [6, 6.07) is -0.160. The molecule has 0 aromatic heterocycles. The molecule has 0 spiro atoms. The lowest BCUT2D eigenvalue weighted by atomic mass is 9.93. The summed E-state index contributed by atoms with van der Waals surface area (Å²) in [7, 11) is 0. The average Bonchev–Trinajstić information content (AvgIpc) is 2.37. The van der Waals surface area contributed by atoms with Crippen LogP contribution < -0.4 is 10.6 Å². The smallest absolute Gasteiger partial charge is 0.329 e. The van der Waals surface area contributed by atoms with Crippen LogP contribution in [0, 0.1) is 0 Å². The van der Waals surface area contributed by atoms with Gasteiger partial charge in [-0.05, 0) is 25.7 Å². The Balaban J connectivity index is 2.53. The molecule has 0 atom stereocenters. The SMILES string of the molecule is CCC(CC)(NC(=O)NC1CCCCC1)C(=O)O. The summed E-state index contributed by atoms with van der Waals surface area (Å²) in [5, 5.41) is 14.7. The first kappa shape index (κ1) is 14.8. The summed E-state index contributed by atoms with van der Waals surface area (Å²) in [6.07, 6.45) is 6.25. The Kier molecular flexibility index (Phi) is 5.44. The zero-order valence-electron chi connectivity index (χ0n) is 11.3. The fourth-order valence-electron chi connectivity index (χ4n) is 2.47. The first-order valence-corrected chi connectivity index (χ1v) is 6.86. The molecule has 2 amide bonds. The van der Waals surface area contributed by atoms with Crippen LogP contribution in [0.15, 0.2) is 0 Å². The highest BCUT2D eigenvalue weighted by atomic mass is 16.4. The fraction of sp³-hybridized carbons (Fsp3) is 0.846. The number of carboxylic acid groups (broad SMARTS) is 1. The molecule has 0 aromatic rings. The highest BCUT2D eigenvalue weighted by Crippen LogP contribution is 2.18. The lowest BCUT2D eigenvalue weighted by Crippen LogP contribution is -2.57. The lowest BCUT2D eigenvalue weighted by molar-refractivity contribution is -0.144. The van der Waals surface area contributed by atoms with E-state index in [0.717, 1.165) is 25.7 Å². The second kappa shape index (κ2) is 6.61. The predicted octanol–water partition coefficient (Wildman–Crippen LogP) is 2.26. The molecule has 1 saturated carbocycles. The molecule has 104 valence electrons. The zero-order valence-corrected chi connectivity index (χ0v) is 11.3. The number of carboxylic acids is 1. The second-order valence-corrected chi connectivity index (χ2v) is 5.03. The van der Waals surface area contributed by atoms with E-state index in [2.05, 4.69) is 10.6 Å². The van der Waals surface area contributed by atoms with Crippen LogP contribution in [0.3, 0.4) is 0 Å². The minimum atomic E-state index is -1.14. The maximum Gasteiger partial charge on any atom is 0.329 e. The first-order valence-electron chi connectivity index (χ1n) is 6.86.